The van der Waals surface area contributed by atoms with Gasteiger partial charge in [-0.25, -0.2) is 4.98 Å². The van der Waals surface area contributed by atoms with E-state index in [9.17, 15) is 0 Å². The van der Waals surface area contributed by atoms with Gasteiger partial charge in [-0.05, 0) is 37.8 Å². The van der Waals surface area contributed by atoms with Gasteiger partial charge in [0.1, 0.15) is 0 Å². The zero-order valence-electron chi connectivity index (χ0n) is 10.7. The third-order valence-corrected chi connectivity index (χ3v) is 4.59. The SMILES string of the molecule is CCC1(CNCCc2cscn2)CCNCC1. The molecule has 0 aliphatic carbocycles. The van der Waals surface area contributed by atoms with Gasteiger partial charge in [-0.1, -0.05) is 6.92 Å². The summed E-state index contributed by atoms with van der Waals surface area (Å²) in [6.07, 6.45) is 4.97. The lowest BCUT2D eigenvalue weighted by molar-refractivity contribution is 0.186. The Bertz CT molecular complexity index is 304. The molecule has 0 saturated carbocycles. The van der Waals surface area contributed by atoms with Crippen molar-refractivity contribution in [3.63, 3.8) is 0 Å². The molecule has 0 spiro atoms. The van der Waals surface area contributed by atoms with Crippen LogP contribution in [-0.2, 0) is 6.42 Å². The average Bonchev–Trinajstić information content (AvgIpc) is 2.89. The Kier molecular flexibility index (Phi) is 4.95. The topological polar surface area (TPSA) is 37.0 Å². The summed E-state index contributed by atoms with van der Waals surface area (Å²) in [5.74, 6) is 0. The summed E-state index contributed by atoms with van der Waals surface area (Å²) in [5.41, 5.74) is 3.67. The molecule has 0 radical (unpaired) electrons. The van der Waals surface area contributed by atoms with Crippen molar-refractivity contribution in [3.8, 4) is 0 Å². The van der Waals surface area contributed by atoms with Crippen LogP contribution in [0.1, 0.15) is 31.9 Å². The van der Waals surface area contributed by atoms with Gasteiger partial charge in [0.15, 0.2) is 0 Å². The van der Waals surface area contributed by atoms with Crippen LogP contribution in [0.15, 0.2) is 10.9 Å². The van der Waals surface area contributed by atoms with E-state index in [2.05, 4.69) is 27.9 Å². The molecular weight excluding hydrogens is 230 g/mol. The van der Waals surface area contributed by atoms with E-state index in [-0.39, 0.29) is 0 Å². The largest absolute Gasteiger partial charge is 0.317 e. The number of nitrogens with one attached hydrogen (secondary N) is 2. The van der Waals surface area contributed by atoms with Crippen molar-refractivity contribution in [1.82, 2.24) is 15.6 Å². The lowest BCUT2D eigenvalue weighted by Gasteiger charge is -2.37. The number of rotatable bonds is 6. The molecule has 3 nitrogen and oxygen atoms in total. The van der Waals surface area contributed by atoms with Crippen molar-refractivity contribution in [2.24, 2.45) is 5.41 Å². The van der Waals surface area contributed by atoms with Gasteiger partial charge in [0.25, 0.3) is 0 Å². The van der Waals surface area contributed by atoms with E-state index in [4.69, 9.17) is 0 Å². The molecule has 96 valence electrons. The van der Waals surface area contributed by atoms with Crippen LogP contribution in [0.3, 0.4) is 0 Å². The van der Waals surface area contributed by atoms with Crippen molar-refractivity contribution in [2.75, 3.05) is 26.2 Å². The summed E-state index contributed by atoms with van der Waals surface area (Å²) in [6, 6.07) is 0. The Hall–Kier alpha value is -0.450. The molecule has 1 aliphatic heterocycles. The minimum absolute atomic E-state index is 0.535. The van der Waals surface area contributed by atoms with E-state index in [0.29, 0.717) is 5.41 Å². The smallest absolute Gasteiger partial charge is 0.0794 e. The standard InChI is InChI=1S/C13H23N3S/c1-2-13(4-7-14-8-5-13)10-15-6-3-12-9-17-11-16-12/h9,11,14-15H,2-8,10H2,1H3. The molecule has 0 unspecified atom stereocenters. The summed E-state index contributed by atoms with van der Waals surface area (Å²) >= 11 is 1.68. The first kappa shape index (κ1) is 13.0. The predicted octanol–water partition coefficient (Wildman–Crippen LogP) is 2.05. The van der Waals surface area contributed by atoms with Crippen LogP contribution in [0.25, 0.3) is 0 Å². The van der Waals surface area contributed by atoms with Crippen LogP contribution in [-0.4, -0.2) is 31.2 Å². The van der Waals surface area contributed by atoms with Gasteiger partial charge in [-0.2, -0.15) is 0 Å². The Morgan fingerprint density at radius 3 is 2.94 bits per heavy atom. The fraction of sp³-hybridized carbons (Fsp3) is 0.769. The van der Waals surface area contributed by atoms with Crippen molar-refractivity contribution in [3.05, 3.63) is 16.6 Å². The number of hydrogen-bond donors (Lipinski definition) is 2. The zero-order chi connectivity index (χ0) is 12.0. The second kappa shape index (κ2) is 6.47. The lowest BCUT2D eigenvalue weighted by Crippen LogP contribution is -2.43. The maximum atomic E-state index is 4.31. The van der Waals surface area contributed by atoms with E-state index < -0.39 is 0 Å². The van der Waals surface area contributed by atoms with Gasteiger partial charge in [0, 0.05) is 24.9 Å². The Balaban J connectivity index is 1.69. The molecule has 17 heavy (non-hydrogen) atoms. The predicted molar refractivity (Wildman–Crippen MR) is 73.5 cm³/mol. The summed E-state index contributed by atoms with van der Waals surface area (Å²) in [4.78, 5) is 4.31. The fourth-order valence-electron chi connectivity index (χ4n) is 2.54. The maximum absolute atomic E-state index is 4.31. The molecule has 0 bridgehead atoms. The van der Waals surface area contributed by atoms with Crippen LogP contribution in [0, 0.1) is 5.41 Å². The maximum Gasteiger partial charge on any atom is 0.0794 e. The van der Waals surface area contributed by atoms with E-state index >= 15 is 0 Å². The third kappa shape index (κ3) is 3.76. The first-order chi connectivity index (χ1) is 8.35. The number of piperidine rings is 1. The molecule has 1 aliphatic rings. The second-order valence-corrected chi connectivity index (χ2v) is 5.73. The summed E-state index contributed by atoms with van der Waals surface area (Å²) in [6.45, 7) is 6.91. The Morgan fingerprint density at radius 1 is 1.47 bits per heavy atom. The minimum atomic E-state index is 0.535. The van der Waals surface area contributed by atoms with Crippen LogP contribution < -0.4 is 10.6 Å². The molecule has 1 aromatic heterocycles. The summed E-state index contributed by atoms with van der Waals surface area (Å²) in [7, 11) is 0. The van der Waals surface area contributed by atoms with Crippen LogP contribution >= 0.6 is 11.3 Å². The normalized spacial score (nSPS) is 19.4. The molecule has 1 fully saturated rings. The van der Waals surface area contributed by atoms with Gasteiger partial charge in [0.2, 0.25) is 0 Å². The van der Waals surface area contributed by atoms with Gasteiger partial charge in [0.05, 0.1) is 11.2 Å². The molecule has 0 amide bonds. The number of nitrogens with zero attached hydrogens (tertiary/aromatic N) is 1. The molecule has 0 atom stereocenters. The molecule has 2 N–H and O–H groups in total. The van der Waals surface area contributed by atoms with Gasteiger partial charge < -0.3 is 10.6 Å². The van der Waals surface area contributed by atoms with E-state index in [1.54, 1.807) is 11.3 Å². The van der Waals surface area contributed by atoms with Crippen molar-refractivity contribution in [2.45, 2.75) is 32.6 Å². The minimum Gasteiger partial charge on any atom is -0.317 e. The van der Waals surface area contributed by atoms with Crippen molar-refractivity contribution >= 4 is 11.3 Å². The molecule has 2 heterocycles. The highest BCUT2D eigenvalue weighted by Crippen LogP contribution is 2.31. The summed E-state index contributed by atoms with van der Waals surface area (Å²) in [5, 5.41) is 9.21. The van der Waals surface area contributed by atoms with Gasteiger partial charge in [-0.3, -0.25) is 0 Å². The highest BCUT2D eigenvalue weighted by molar-refractivity contribution is 7.07. The monoisotopic (exact) mass is 253 g/mol. The van der Waals surface area contributed by atoms with Crippen LogP contribution in [0.2, 0.25) is 0 Å². The van der Waals surface area contributed by atoms with E-state index in [1.807, 2.05) is 5.51 Å². The van der Waals surface area contributed by atoms with Crippen molar-refractivity contribution < 1.29 is 0 Å². The van der Waals surface area contributed by atoms with Crippen LogP contribution in [0.5, 0.6) is 0 Å². The lowest BCUT2D eigenvalue weighted by atomic mass is 9.76. The quantitative estimate of drug-likeness (QED) is 0.762. The van der Waals surface area contributed by atoms with Gasteiger partial charge in [-0.15, -0.1) is 11.3 Å². The third-order valence-electron chi connectivity index (χ3n) is 3.96. The Morgan fingerprint density at radius 2 is 2.29 bits per heavy atom. The van der Waals surface area contributed by atoms with E-state index in [0.717, 1.165) is 19.5 Å². The molecule has 2 rings (SSSR count). The first-order valence-corrected chi connectivity index (χ1v) is 7.57. The molecular formula is C13H23N3S. The van der Waals surface area contributed by atoms with E-state index in [1.165, 1.54) is 38.0 Å². The van der Waals surface area contributed by atoms with Crippen LogP contribution in [0.4, 0.5) is 0 Å². The number of hydrogen-bond acceptors (Lipinski definition) is 4. The summed E-state index contributed by atoms with van der Waals surface area (Å²) < 4.78 is 0. The first-order valence-electron chi connectivity index (χ1n) is 6.63. The average molecular weight is 253 g/mol. The zero-order valence-corrected chi connectivity index (χ0v) is 11.5. The molecule has 4 heteroatoms. The Labute approximate surface area is 108 Å². The molecule has 1 saturated heterocycles. The number of thiazole rings is 1. The molecule has 1 aromatic rings. The number of aromatic nitrogens is 1. The second-order valence-electron chi connectivity index (χ2n) is 5.01. The van der Waals surface area contributed by atoms with Crippen molar-refractivity contribution in [1.29, 1.82) is 0 Å². The highest BCUT2D eigenvalue weighted by Gasteiger charge is 2.29. The molecule has 0 aromatic carbocycles. The highest BCUT2D eigenvalue weighted by atomic mass is 32.1. The van der Waals surface area contributed by atoms with Gasteiger partial charge >= 0.3 is 0 Å². The fourth-order valence-corrected chi connectivity index (χ4v) is 3.14.